The van der Waals surface area contributed by atoms with Gasteiger partial charge in [0.2, 0.25) is 0 Å². The number of hydrogen-bond donors (Lipinski definition) is 1. The van der Waals surface area contributed by atoms with Crippen LogP contribution in [0.2, 0.25) is 10.0 Å². The summed E-state index contributed by atoms with van der Waals surface area (Å²) in [4.78, 5) is 4.38. The number of nitrogens with one attached hydrogen (secondary N) is 1. The molecular formula is C14H18Cl2N4. The van der Waals surface area contributed by atoms with Crippen molar-refractivity contribution in [3.8, 4) is 0 Å². The zero-order valence-electron chi connectivity index (χ0n) is 11.6. The lowest BCUT2D eigenvalue weighted by Gasteiger charge is -2.18. The van der Waals surface area contributed by atoms with Crippen molar-refractivity contribution in [2.75, 3.05) is 6.54 Å². The molecule has 1 atom stereocenters. The monoisotopic (exact) mass is 312 g/mol. The summed E-state index contributed by atoms with van der Waals surface area (Å²) >= 11 is 12.2. The Hall–Kier alpha value is -1.10. The van der Waals surface area contributed by atoms with Crippen molar-refractivity contribution in [1.29, 1.82) is 0 Å². The summed E-state index contributed by atoms with van der Waals surface area (Å²) in [5, 5.41) is 8.88. The van der Waals surface area contributed by atoms with Crippen LogP contribution in [0.4, 0.5) is 0 Å². The first-order valence-corrected chi connectivity index (χ1v) is 7.48. The molecule has 20 heavy (non-hydrogen) atoms. The van der Waals surface area contributed by atoms with Crippen LogP contribution >= 0.6 is 23.2 Å². The number of aryl methyl sites for hydroxylation is 1. The minimum absolute atomic E-state index is 0.0694. The van der Waals surface area contributed by atoms with Crippen molar-refractivity contribution in [3.05, 3.63) is 46.0 Å². The summed E-state index contributed by atoms with van der Waals surface area (Å²) in [6.07, 6.45) is 6.51. The Morgan fingerprint density at radius 3 is 2.70 bits per heavy atom. The van der Waals surface area contributed by atoms with Crippen LogP contribution in [0.15, 0.2) is 24.7 Å². The van der Waals surface area contributed by atoms with Gasteiger partial charge in [0.25, 0.3) is 0 Å². The topological polar surface area (TPSA) is 42.7 Å². The Bertz CT molecular complexity index is 568. The molecule has 0 saturated heterocycles. The fraction of sp³-hybridized carbons (Fsp3) is 0.429. The van der Waals surface area contributed by atoms with E-state index in [-0.39, 0.29) is 6.04 Å². The molecule has 0 bridgehead atoms. The molecule has 2 heterocycles. The molecule has 0 aromatic carbocycles. The van der Waals surface area contributed by atoms with Gasteiger partial charge in [0.15, 0.2) is 0 Å². The van der Waals surface area contributed by atoms with Gasteiger partial charge in [-0.2, -0.15) is 5.10 Å². The first-order chi connectivity index (χ1) is 9.65. The Kier molecular flexibility index (Phi) is 5.40. The smallest absolute Gasteiger partial charge is 0.0806 e. The fourth-order valence-corrected chi connectivity index (χ4v) is 2.49. The average Bonchev–Trinajstić information content (AvgIpc) is 2.90. The zero-order valence-corrected chi connectivity index (χ0v) is 13.1. The predicted octanol–water partition coefficient (Wildman–Crippen LogP) is 3.69. The molecule has 4 nitrogen and oxygen atoms in total. The summed E-state index contributed by atoms with van der Waals surface area (Å²) in [7, 11) is 0. The Labute approximate surface area is 129 Å². The van der Waals surface area contributed by atoms with E-state index in [0.29, 0.717) is 10.0 Å². The highest BCUT2D eigenvalue weighted by Gasteiger charge is 2.19. The lowest BCUT2D eigenvalue weighted by Crippen LogP contribution is -2.24. The van der Waals surface area contributed by atoms with Gasteiger partial charge in [-0.25, -0.2) is 0 Å². The van der Waals surface area contributed by atoms with Gasteiger partial charge in [0, 0.05) is 24.5 Å². The van der Waals surface area contributed by atoms with E-state index in [1.54, 1.807) is 12.3 Å². The molecular weight excluding hydrogens is 295 g/mol. The normalized spacial score (nSPS) is 12.6. The van der Waals surface area contributed by atoms with Gasteiger partial charge in [-0.15, -0.1) is 0 Å². The summed E-state index contributed by atoms with van der Waals surface area (Å²) in [5.41, 5.74) is 1.83. The third kappa shape index (κ3) is 3.51. The molecule has 0 saturated carbocycles. The molecule has 108 valence electrons. The molecule has 1 N–H and O–H groups in total. The van der Waals surface area contributed by atoms with E-state index in [2.05, 4.69) is 29.2 Å². The van der Waals surface area contributed by atoms with Gasteiger partial charge in [0.1, 0.15) is 0 Å². The summed E-state index contributed by atoms with van der Waals surface area (Å²) in [6, 6.07) is 1.65. The van der Waals surface area contributed by atoms with E-state index in [0.717, 1.165) is 30.8 Å². The van der Waals surface area contributed by atoms with Crippen LogP contribution in [0.5, 0.6) is 0 Å². The Morgan fingerprint density at radius 2 is 2.10 bits per heavy atom. The summed E-state index contributed by atoms with van der Waals surface area (Å²) < 4.78 is 1.89. The number of pyridine rings is 1. The van der Waals surface area contributed by atoms with Crippen molar-refractivity contribution in [3.63, 3.8) is 0 Å². The number of nitrogens with zero attached hydrogens (tertiary/aromatic N) is 3. The second-order valence-corrected chi connectivity index (χ2v) is 5.38. The number of aromatic nitrogens is 3. The van der Waals surface area contributed by atoms with Crippen LogP contribution in [-0.4, -0.2) is 21.3 Å². The zero-order chi connectivity index (χ0) is 14.5. The van der Waals surface area contributed by atoms with Crippen molar-refractivity contribution in [1.82, 2.24) is 20.1 Å². The average molecular weight is 313 g/mol. The third-order valence-corrected chi connectivity index (χ3v) is 3.53. The van der Waals surface area contributed by atoms with Crippen LogP contribution in [-0.2, 0) is 6.54 Å². The standard InChI is InChI=1S/C14H18Cl2N4/c1-3-5-17-13(10-7-19-20(4-2)9-10)14-12(16)6-11(15)8-18-14/h6-9,13,17H,3-5H2,1-2H3. The van der Waals surface area contributed by atoms with Gasteiger partial charge in [-0.05, 0) is 26.0 Å². The molecule has 0 aliphatic rings. The molecule has 1 unspecified atom stereocenters. The molecule has 0 aliphatic heterocycles. The van der Waals surface area contributed by atoms with Crippen molar-refractivity contribution in [2.24, 2.45) is 0 Å². The number of rotatable bonds is 6. The number of halogens is 2. The predicted molar refractivity (Wildman–Crippen MR) is 82.3 cm³/mol. The quantitative estimate of drug-likeness (QED) is 0.884. The van der Waals surface area contributed by atoms with Crippen molar-refractivity contribution >= 4 is 23.2 Å². The highest BCUT2D eigenvalue weighted by atomic mass is 35.5. The molecule has 6 heteroatoms. The molecule has 0 spiro atoms. The van der Waals surface area contributed by atoms with Gasteiger partial charge in [-0.1, -0.05) is 30.1 Å². The SMILES string of the molecule is CCCNC(c1cnn(CC)c1)c1ncc(Cl)cc1Cl. The molecule has 0 fully saturated rings. The van der Waals surface area contributed by atoms with Crippen LogP contribution in [0.3, 0.4) is 0 Å². The molecule has 0 radical (unpaired) electrons. The van der Waals surface area contributed by atoms with E-state index in [4.69, 9.17) is 23.2 Å². The van der Waals surface area contributed by atoms with Gasteiger partial charge < -0.3 is 5.32 Å². The first kappa shape index (κ1) is 15.3. The van der Waals surface area contributed by atoms with Gasteiger partial charge in [0.05, 0.1) is 28.0 Å². The van der Waals surface area contributed by atoms with Crippen LogP contribution in [0, 0.1) is 0 Å². The molecule has 2 rings (SSSR count). The van der Waals surface area contributed by atoms with Gasteiger partial charge in [-0.3, -0.25) is 9.67 Å². The maximum absolute atomic E-state index is 6.28. The van der Waals surface area contributed by atoms with Crippen LogP contribution in [0.1, 0.15) is 37.6 Å². The Morgan fingerprint density at radius 1 is 1.30 bits per heavy atom. The fourth-order valence-electron chi connectivity index (χ4n) is 2.00. The minimum Gasteiger partial charge on any atom is -0.305 e. The first-order valence-electron chi connectivity index (χ1n) is 6.72. The highest BCUT2D eigenvalue weighted by Crippen LogP contribution is 2.28. The maximum Gasteiger partial charge on any atom is 0.0806 e. The second-order valence-electron chi connectivity index (χ2n) is 4.54. The summed E-state index contributed by atoms with van der Waals surface area (Å²) in [5.74, 6) is 0. The summed E-state index contributed by atoms with van der Waals surface area (Å²) in [6.45, 7) is 5.89. The largest absolute Gasteiger partial charge is 0.305 e. The molecule has 0 amide bonds. The molecule has 2 aromatic heterocycles. The van der Waals surface area contributed by atoms with E-state index < -0.39 is 0 Å². The van der Waals surface area contributed by atoms with E-state index >= 15 is 0 Å². The minimum atomic E-state index is -0.0694. The van der Waals surface area contributed by atoms with E-state index in [1.807, 2.05) is 17.1 Å². The molecule has 0 aliphatic carbocycles. The maximum atomic E-state index is 6.28. The van der Waals surface area contributed by atoms with Crippen LogP contribution < -0.4 is 5.32 Å². The van der Waals surface area contributed by atoms with Crippen molar-refractivity contribution < 1.29 is 0 Å². The van der Waals surface area contributed by atoms with Crippen molar-refractivity contribution in [2.45, 2.75) is 32.9 Å². The van der Waals surface area contributed by atoms with Crippen LogP contribution in [0.25, 0.3) is 0 Å². The van der Waals surface area contributed by atoms with E-state index in [9.17, 15) is 0 Å². The van der Waals surface area contributed by atoms with E-state index in [1.165, 1.54) is 0 Å². The lowest BCUT2D eigenvalue weighted by atomic mass is 10.1. The third-order valence-electron chi connectivity index (χ3n) is 3.02. The Balaban J connectivity index is 2.35. The second kappa shape index (κ2) is 7.07. The van der Waals surface area contributed by atoms with Gasteiger partial charge >= 0.3 is 0 Å². The number of hydrogen-bond acceptors (Lipinski definition) is 3. The highest BCUT2D eigenvalue weighted by molar-refractivity contribution is 6.34. The lowest BCUT2D eigenvalue weighted by molar-refractivity contribution is 0.585. The molecule has 2 aromatic rings.